The van der Waals surface area contributed by atoms with Gasteiger partial charge < -0.3 is 15.6 Å². The maximum absolute atomic E-state index is 10.8. The van der Waals surface area contributed by atoms with E-state index in [1.165, 1.54) is 18.0 Å². The van der Waals surface area contributed by atoms with Crippen molar-refractivity contribution >= 4 is 11.7 Å². The summed E-state index contributed by atoms with van der Waals surface area (Å²) < 4.78 is 6.28. The number of nitrogen functional groups attached to an aromatic ring is 1. The summed E-state index contributed by atoms with van der Waals surface area (Å²) in [6.07, 6.45) is 1.44. The van der Waals surface area contributed by atoms with Gasteiger partial charge in [0, 0.05) is 12.3 Å². The van der Waals surface area contributed by atoms with E-state index in [0.29, 0.717) is 11.6 Å². The molecule has 2 rings (SSSR count). The van der Waals surface area contributed by atoms with E-state index in [2.05, 4.69) is 15.3 Å². The summed E-state index contributed by atoms with van der Waals surface area (Å²) >= 11 is 0. The molecule has 0 aliphatic carbocycles. The van der Waals surface area contributed by atoms with Crippen LogP contribution in [-0.4, -0.2) is 38.2 Å². The maximum atomic E-state index is 10.8. The number of carboxylic acids is 1. The Morgan fingerprint density at radius 1 is 1.50 bits per heavy atom. The molecule has 0 atom stereocenters. The fourth-order valence-corrected chi connectivity index (χ4v) is 1.39. The molecular weight excluding hydrogens is 238 g/mol. The molecule has 0 saturated heterocycles. The first-order valence-corrected chi connectivity index (χ1v) is 5.03. The minimum Gasteiger partial charge on any atom is -0.480 e. The monoisotopic (exact) mass is 249 g/mol. The van der Waals surface area contributed by atoms with Crippen LogP contribution in [0.2, 0.25) is 0 Å². The number of nitrogens with two attached hydrogens (primary N) is 1. The van der Waals surface area contributed by atoms with Crippen LogP contribution < -0.4 is 10.5 Å². The van der Waals surface area contributed by atoms with E-state index in [9.17, 15) is 4.79 Å². The van der Waals surface area contributed by atoms with Crippen LogP contribution in [0.25, 0.3) is 0 Å². The van der Waals surface area contributed by atoms with Crippen LogP contribution in [0.1, 0.15) is 16.2 Å². The molecule has 0 amide bonds. The number of rotatable bonds is 4. The Hall–Kier alpha value is -2.64. The molecular formula is C10H11N5O3. The van der Waals surface area contributed by atoms with Gasteiger partial charge in [-0.3, -0.25) is 4.68 Å². The Morgan fingerprint density at radius 3 is 2.78 bits per heavy atom. The lowest BCUT2D eigenvalue weighted by Gasteiger charge is -2.01. The number of aromatic nitrogens is 4. The van der Waals surface area contributed by atoms with Gasteiger partial charge in [0.25, 0.3) is 0 Å². The molecule has 0 aromatic carbocycles. The van der Waals surface area contributed by atoms with Gasteiger partial charge in [-0.25, -0.2) is 4.79 Å². The third-order valence-corrected chi connectivity index (χ3v) is 2.22. The average molecular weight is 249 g/mol. The van der Waals surface area contributed by atoms with Gasteiger partial charge in [-0.2, -0.15) is 5.10 Å². The fraction of sp³-hybridized carbons (Fsp3) is 0.200. The van der Waals surface area contributed by atoms with Gasteiger partial charge in [0.2, 0.25) is 5.88 Å². The van der Waals surface area contributed by atoms with E-state index >= 15 is 0 Å². The summed E-state index contributed by atoms with van der Waals surface area (Å²) in [6, 6.07) is 3.37. The number of anilines is 1. The Balaban J connectivity index is 2.18. The normalized spacial score (nSPS) is 10.3. The number of aromatic carboxylic acids is 1. The lowest BCUT2D eigenvalue weighted by atomic mass is 10.4. The third-order valence-electron chi connectivity index (χ3n) is 2.22. The number of methoxy groups -OCH3 is 1. The maximum Gasteiger partial charge on any atom is 0.358 e. The predicted octanol–water partition coefficient (Wildman–Crippen LogP) is 0.0104. The van der Waals surface area contributed by atoms with E-state index in [4.69, 9.17) is 15.6 Å². The first-order chi connectivity index (χ1) is 8.60. The molecule has 0 aliphatic heterocycles. The summed E-state index contributed by atoms with van der Waals surface area (Å²) in [7, 11) is 1.50. The van der Waals surface area contributed by atoms with Crippen LogP contribution >= 0.6 is 0 Å². The summed E-state index contributed by atoms with van der Waals surface area (Å²) in [5.74, 6) is -0.753. The van der Waals surface area contributed by atoms with Gasteiger partial charge >= 0.3 is 5.97 Å². The smallest absolute Gasteiger partial charge is 0.358 e. The van der Waals surface area contributed by atoms with Gasteiger partial charge in [-0.05, 0) is 6.07 Å². The molecule has 94 valence electrons. The van der Waals surface area contributed by atoms with Crippen LogP contribution in [0.3, 0.4) is 0 Å². The predicted molar refractivity (Wildman–Crippen MR) is 61.3 cm³/mol. The van der Waals surface area contributed by atoms with Crippen LogP contribution in [0.4, 0.5) is 5.69 Å². The second-order valence-electron chi connectivity index (χ2n) is 3.50. The molecule has 8 nitrogen and oxygen atoms in total. The minimum absolute atomic E-state index is 0.115. The standard InChI is InChI=1S/C10H11N5O3/c1-18-8-3-2-6(12-13-8)4-15-5-7(11)9(14-15)10(16)17/h2-3,5H,4,11H2,1H3,(H,16,17). The molecule has 0 saturated carbocycles. The molecule has 8 heteroatoms. The number of hydrogen-bond donors (Lipinski definition) is 2. The molecule has 0 radical (unpaired) electrons. The Bertz CT molecular complexity index is 563. The highest BCUT2D eigenvalue weighted by molar-refractivity contribution is 5.91. The quantitative estimate of drug-likeness (QED) is 0.783. The van der Waals surface area contributed by atoms with Crippen molar-refractivity contribution in [1.82, 2.24) is 20.0 Å². The average Bonchev–Trinajstić information content (AvgIpc) is 2.71. The zero-order valence-electron chi connectivity index (χ0n) is 9.57. The highest BCUT2D eigenvalue weighted by Gasteiger charge is 2.13. The molecule has 0 aliphatic rings. The van der Waals surface area contributed by atoms with E-state index < -0.39 is 5.97 Å². The van der Waals surface area contributed by atoms with E-state index in [1.807, 2.05) is 0 Å². The second kappa shape index (κ2) is 4.70. The molecule has 0 fully saturated rings. The van der Waals surface area contributed by atoms with Crippen LogP contribution in [0, 0.1) is 0 Å². The minimum atomic E-state index is -1.16. The van der Waals surface area contributed by atoms with Gasteiger partial charge in [-0.1, -0.05) is 0 Å². The highest BCUT2D eigenvalue weighted by Crippen LogP contribution is 2.10. The lowest BCUT2D eigenvalue weighted by Crippen LogP contribution is -2.06. The van der Waals surface area contributed by atoms with E-state index in [1.54, 1.807) is 12.1 Å². The molecule has 2 aromatic heterocycles. The van der Waals surface area contributed by atoms with Crippen molar-refractivity contribution in [3.63, 3.8) is 0 Å². The summed E-state index contributed by atoms with van der Waals surface area (Å²) in [5.41, 5.74) is 6.09. The topological polar surface area (TPSA) is 116 Å². The zero-order chi connectivity index (χ0) is 13.1. The van der Waals surface area contributed by atoms with Crippen molar-refractivity contribution in [3.05, 3.63) is 29.7 Å². The number of carbonyl (C=O) groups is 1. The molecule has 0 unspecified atom stereocenters. The lowest BCUT2D eigenvalue weighted by molar-refractivity contribution is 0.0690. The summed E-state index contributed by atoms with van der Waals surface area (Å²) in [5, 5.41) is 20.4. The van der Waals surface area contributed by atoms with Crippen LogP contribution in [0.5, 0.6) is 5.88 Å². The summed E-state index contributed by atoms with van der Waals surface area (Å²) in [4.78, 5) is 10.8. The van der Waals surface area contributed by atoms with Gasteiger partial charge in [0.05, 0.1) is 25.0 Å². The molecule has 0 bridgehead atoms. The molecule has 18 heavy (non-hydrogen) atoms. The summed E-state index contributed by atoms with van der Waals surface area (Å²) in [6.45, 7) is 0.286. The van der Waals surface area contributed by atoms with Crippen molar-refractivity contribution in [2.75, 3.05) is 12.8 Å². The largest absolute Gasteiger partial charge is 0.480 e. The first kappa shape index (κ1) is 11.8. The highest BCUT2D eigenvalue weighted by atomic mass is 16.5. The third kappa shape index (κ3) is 2.37. The SMILES string of the molecule is COc1ccc(Cn2cc(N)c(C(=O)O)n2)nn1. The van der Waals surface area contributed by atoms with Crippen LogP contribution in [0.15, 0.2) is 18.3 Å². The van der Waals surface area contributed by atoms with Crippen LogP contribution in [-0.2, 0) is 6.54 Å². The molecule has 0 spiro atoms. The first-order valence-electron chi connectivity index (χ1n) is 5.03. The number of nitrogens with zero attached hydrogens (tertiary/aromatic N) is 4. The Kier molecular flexibility index (Phi) is 3.09. The number of carboxylic acid groups (broad SMARTS) is 1. The van der Waals surface area contributed by atoms with Crippen molar-refractivity contribution in [2.24, 2.45) is 0 Å². The second-order valence-corrected chi connectivity index (χ2v) is 3.50. The zero-order valence-corrected chi connectivity index (χ0v) is 9.57. The van der Waals surface area contributed by atoms with E-state index in [0.717, 1.165) is 0 Å². The fourth-order valence-electron chi connectivity index (χ4n) is 1.39. The van der Waals surface area contributed by atoms with Crippen molar-refractivity contribution < 1.29 is 14.6 Å². The molecule has 2 aromatic rings. The van der Waals surface area contributed by atoms with Crippen molar-refractivity contribution in [2.45, 2.75) is 6.54 Å². The Labute approximate surface area is 102 Å². The van der Waals surface area contributed by atoms with E-state index in [-0.39, 0.29) is 17.9 Å². The molecule has 3 N–H and O–H groups in total. The van der Waals surface area contributed by atoms with Gasteiger partial charge in [0.1, 0.15) is 0 Å². The van der Waals surface area contributed by atoms with Crippen molar-refractivity contribution in [3.8, 4) is 5.88 Å². The van der Waals surface area contributed by atoms with Gasteiger partial charge in [-0.15, -0.1) is 10.2 Å². The Morgan fingerprint density at radius 2 is 2.28 bits per heavy atom. The molecule has 2 heterocycles. The number of hydrogen-bond acceptors (Lipinski definition) is 6. The van der Waals surface area contributed by atoms with Crippen molar-refractivity contribution in [1.29, 1.82) is 0 Å². The van der Waals surface area contributed by atoms with Gasteiger partial charge in [0.15, 0.2) is 5.69 Å². The number of ether oxygens (including phenoxy) is 1.